The van der Waals surface area contributed by atoms with Gasteiger partial charge in [0.25, 0.3) is 0 Å². The molecular formula is C8H11N6O2-. The van der Waals surface area contributed by atoms with E-state index >= 15 is 0 Å². The van der Waals surface area contributed by atoms with Crippen molar-refractivity contribution < 1.29 is 0 Å². The number of nitrogens with zero attached hydrogens (tertiary/aromatic N) is 6. The number of piperazine rings is 1. The number of hydrogen-bond acceptors (Lipinski definition) is 7. The van der Waals surface area contributed by atoms with Crippen molar-refractivity contribution in [2.45, 2.75) is 0 Å². The maximum absolute atomic E-state index is 10.9. The van der Waals surface area contributed by atoms with Crippen LogP contribution in [0.25, 0.3) is 0 Å². The molecule has 8 nitrogen and oxygen atoms in total. The Morgan fingerprint density at radius 3 is 2.44 bits per heavy atom. The predicted molar refractivity (Wildman–Crippen MR) is 56.8 cm³/mol. The van der Waals surface area contributed by atoms with Crippen molar-refractivity contribution in [1.29, 1.82) is 0 Å². The van der Waals surface area contributed by atoms with Gasteiger partial charge in [0, 0.05) is 38.6 Å². The zero-order chi connectivity index (χ0) is 11.4. The van der Waals surface area contributed by atoms with Gasteiger partial charge in [0.1, 0.15) is 0 Å². The molecule has 0 amide bonds. The highest BCUT2D eigenvalue weighted by molar-refractivity contribution is 5.28. The van der Waals surface area contributed by atoms with Crippen molar-refractivity contribution in [3.8, 4) is 0 Å². The van der Waals surface area contributed by atoms with Gasteiger partial charge in [-0.05, 0) is 6.07 Å². The molecular weight excluding hydrogens is 212 g/mol. The third kappa shape index (κ3) is 2.23. The predicted octanol–water partition coefficient (Wildman–Crippen LogP) is -0.00520. The maximum atomic E-state index is 10.9. The van der Waals surface area contributed by atoms with Crippen LogP contribution in [-0.2, 0) is 0 Å². The molecule has 1 saturated heterocycles. The molecule has 1 aromatic rings. The van der Waals surface area contributed by atoms with Gasteiger partial charge in [-0.2, -0.15) is 0 Å². The first-order chi connectivity index (χ1) is 7.81. The van der Waals surface area contributed by atoms with E-state index < -0.39 is 0 Å². The molecule has 2 heterocycles. The molecule has 0 atom stereocenters. The van der Waals surface area contributed by atoms with Crippen molar-refractivity contribution >= 4 is 5.95 Å². The number of hydrogen-bond donors (Lipinski definition) is 0. The monoisotopic (exact) mass is 223 g/mol. The van der Waals surface area contributed by atoms with E-state index in [1.54, 1.807) is 18.5 Å². The molecule has 86 valence electrons. The first kappa shape index (κ1) is 10.7. The first-order valence-electron chi connectivity index (χ1n) is 4.88. The SMILES string of the molecule is O=NN([O-])N1CCN(c2ncccn2)CC1. The van der Waals surface area contributed by atoms with Crippen LogP contribution in [0.3, 0.4) is 0 Å². The van der Waals surface area contributed by atoms with E-state index in [-0.39, 0.29) is 5.28 Å². The largest absolute Gasteiger partial charge is 0.724 e. The summed E-state index contributed by atoms with van der Waals surface area (Å²) in [6.45, 7) is 2.07. The molecule has 16 heavy (non-hydrogen) atoms. The fourth-order valence-corrected chi connectivity index (χ4v) is 1.57. The summed E-state index contributed by atoms with van der Waals surface area (Å²) in [5.41, 5.74) is 0. The van der Waals surface area contributed by atoms with Crippen LogP contribution < -0.4 is 4.90 Å². The van der Waals surface area contributed by atoms with Gasteiger partial charge in [-0.15, -0.1) is 4.91 Å². The second-order valence-corrected chi connectivity index (χ2v) is 3.32. The van der Waals surface area contributed by atoms with Gasteiger partial charge < -0.3 is 10.1 Å². The van der Waals surface area contributed by atoms with Crippen molar-refractivity contribution in [1.82, 2.24) is 20.3 Å². The van der Waals surface area contributed by atoms with Gasteiger partial charge in [-0.1, -0.05) is 0 Å². The molecule has 1 aromatic heterocycles. The topological polar surface area (TPSA) is 88.0 Å². The Bertz CT molecular complexity index is 340. The van der Waals surface area contributed by atoms with Gasteiger partial charge in [0.2, 0.25) is 5.95 Å². The van der Waals surface area contributed by atoms with E-state index in [0.29, 0.717) is 32.1 Å². The standard InChI is InChI=1S/C8H11N6O2/c15-11-14(16)13-6-4-12(5-7-13)8-9-2-1-3-10-8/h1-3H,4-7H2/q-1. The lowest BCUT2D eigenvalue weighted by Crippen LogP contribution is -2.50. The van der Waals surface area contributed by atoms with Gasteiger partial charge in [-0.25, -0.2) is 15.0 Å². The Labute approximate surface area is 92.0 Å². The number of anilines is 1. The van der Waals surface area contributed by atoms with Crippen LogP contribution in [0.15, 0.2) is 23.7 Å². The average molecular weight is 223 g/mol. The smallest absolute Gasteiger partial charge is 0.225 e. The highest BCUT2D eigenvalue weighted by Crippen LogP contribution is 2.10. The highest BCUT2D eigenvalue weighted by atomic mass is 16.6. The summed E-state index contributed by atoms with van der Waals surface area (Å²) >= 11 is 0. The molecule has 0 aromatic carbocycles. The van der Waals surface area contributed by atoms with Gasteiger partial charge in [-0.3, -0.25) is 5.28 Å². The van der Waals surface area contributed by atoms with Crippen LogP contribution in [0.5, 0.6) is 0 Å². The zero-order valence-corrected chi connectivity index (χ0v) is 8.56. The van der Waals surface area contributed by atoms with Gasteiger partial charge >= 0.3 is 0 Å². The van der Waals surface area contributed by atoms with E-state index in [0.717, 1.165) is 0 Å². The molecule has 0 saturated carbocycles. The average Bonchev–Trinajstić information content (AvgIpc) is 2.39. The third-order valence-electron chi connectivity index (χ3n) is 2.40. The zero-order valence-electron chi connectivity index (χ0n) is 8.56. The molecule has 0 aliphatic carbocycles. The first-order valence-corrected chi connectivity index (χ1v) is 4.88. The van der Waals surface area contributed by atoms with E-state index in [1.807, 2.05) is 4.90 Å². The summed E-state index contributed by atoms with van der Waals surface area (Å²) in [6.07, 6.45) is 3.34. The molecule has 1 fully saturated rings. The Morgan fingerprint density at radius 2 is 1.88 bits per heavy atom. The van der Waals surface area contributed by atoms with Crippen LogP contribution in [-0.4, -0.2) is 46.4 Å². The van der Waals surface area contributed by atoms with Crippen molar-refractivity contribution in [2.24, 2.45) is 5.29 Å². The van der Waals surface area contributed by atoms with Crippen LogP contribution in [0.4, 0.5) is 5.95 Å². The van der Waals surface area contributed by atoms with Crippen LogP contribution >= 0.6 is 0 Å². The van der Waals surface area contributed by atoms with E-state index in [2.05, 4.69) is 15.3 Å². The number of aromatic nitrogens is 2. The van der Waals surface area contributed by atoms with Gasteiger partial charge in [0.05, 0.1) is 5.29 Å². The second-order valence-electron chi connectivity index (χ2n) is 3.32. The summed E-state index contributed by atoms with van der Waals surface area (Å²) < 4.78 is 0. The second kappa shape index (κ2) is 4.81. The van der Waals surface area contributed by atoms with Crippen LogP contribution in [0, 0.1) is 10.1 Å². The minimum atomic E-state index is 0.0865. The van der Waals surface area contributed by atoms with E-state index in [1.165, 1.54) is 5.01 Å². The molecule has 0 N–H and O–H groups in total. The van der Waals surface area contributed by atoms with Crippen LogP contribution in [0.1, 0.15) is 0 Å². The molecule has 2 rings (SSSR count). The lowest BCUT2D eigenvalue weighted by Gasteiger charge is -2.40. The maximum Gasteiger partial charge on any atom is 0.225 e. The highest BCUT2D eigenvalue weighted by Gasteiger charge is 2.19. The lowest BCUT2D eigenvalue weighted by molar-refractivity contribution is 0.0167. The van der Waals surface area contributed by atoms with Crippen molar-refractivity contribution in [3.63, 3.8) is 0 Å². The quantitative estimate of drug-likeness (QED) is 0.526. The molecule has 0 spiro atoms. The van der Waals surface area contributed by atoms with E-state index in [4.69, 9.17) is 0 Å². The molecule has 0 radical (unpaired) electrons. The van der Waals surface area contributed by atoms with Crippen molar-refractivity contribution in [3.05, 3.63) is 28.6 Å². The molecule has 0 bridgehead atoms. The fourth-order valence-electron chi connectivity index (χ4n) is 1.57. The molecule has 1 aliphatic heterocycles. The van der Waals surface area contributed by atoms with Crippen LogP contribution in [0.2, 0.25) is 0 Å². The fraction of sp³-hybridized carbons (Fsp3) is 0.500. The summed E-state index contributed by atoms with van der Waals surface area (Å²) in [7, 11) is 0. The van der Waals surface area contributed by atoms with E-state index in [9.17, 15) is 10.1 Å². The Hall–Kier alpha value is -1.80. The molecule has 8 heteroatoms. The Kier molecular flexibility index (Phi) is 3.22. The lowest BCUT2D eigenvalue weighted by atomic mass is 10.4. The normalized spacial score (nSPS) is 17.2. The number of nitroso groups, excluding NO2 is 1. The molecule has 0 unspecified atom stereocenters. The van der Waals surface area contributed by atoms with Gasteiger partial charge in [0.15, 0.2) is 0 Å². The summed E-state index contributed by atoms with van der Waals surface area (Å²) in [5, 5.41) is 14.7. The summed E-state index contributed by atoms with van der Waals surface area (Å²) in [5.74, 6) is 0.638. The number of rotatable bonds is 3. The minimum Gasteiger partial charge on any atom is -0.724 e. The summed E-state index contributed by atoms with van der Waals surface area (Å²) in [6, 6.07) is 1.75. The number of hydrazine groups is 1. The van der Waals surface area contributed by atoms with Crippen molar-refractivity contribution in [2.75, 3.05) is 31.1 Å². The summed E-state index contributed by atoms with van der Waals surface area (Å²) in [4.78, 5) is 20.2. The minimum absolute atomic E-state index is 0.0865. The Balaban J connectivity index is 1.93. The molecule has 1 aliphatic rings. The Morgan fingerprint density at radius 1 is 1.25 bits per heavy atom. The third-order valence-corrected chi connectivity index (χ3v) is 2.40.